The van der Waals surface area contributed by atoms with Crippen molar-refractivity contribution >= 4 is 11.9 Å². The van der Waals surface area contributed by atoms with Crippen LogP contribution in [0, 0.1) is 17.8 Å². The highest BCUT2D eigenvalue weighted by Crippen LogP contribution is 2.42. The molecule has 7 rings (SSSR count). The lowest BCUT2D eigenvalue weighted by molar-refractivity contribution is 0.0223. The van der Waals surface area contributed by atoms with Crippen molar-refractivity contribution in [1.29, 1.82) is 0 Å². The van der Waals surface area contributed by atoms with Gasteiger partial charge in [-0.2, -0.15) is 0 Å². The number of hydrogen-bond donors (Lipinski definition) is 4. The van der Waals surface area contributed by atoms with E-state index in [2.05, 4.69) is 84.5 Å². The molecule has 4 saturated heterocycles. The molecule has 4 bridgehead atoms. The number of nitrogens with zero attached hydrogens (tertiary/aromatic N) is 3. The fraction of sp³-hybridized carbons (Fsp3) is 0.744. The Labute approximate surface area is 294 Å². The van der Waals surface area contributed by atoms with Crippen LogP contribution in [0.1, 0.15) is 134 Å². The maximum atomic E-state index is 6.17. The standard InChI is InChI=1S/C39H61N7OS/c1-38(2,3)29-19-20-40-33(21-29)32-17-15-27-22-39(4,5)46(24-27)37-28(23-41-48-36-14-8-12-34(42-32)45-36)16-18-31(44-37)30-11-7-13-35(43-30)47-25-26-9-6-10-26/h7,11,13,19-21,26-28,31-32,34,36-37,41-42,44-45H,6,8-10,12,14-18,22-25H2,1-5H3/t27-,28?,31?,32+,34?,36?,37?/m0/s1. The van der Waals surface area contributed by atoms with Crippen LogP contribution in [0.4, 0.5) is 0 Å². The molecule has 48 heavy (non-hydrogen) atoms. The molecule has 0 amide bonds. The molecule has 5 aliphatic rings. The fourth-order valence-corrected chi connectivity index (χ4v) is 9.89. The fourth-order valence-electron chi connectivity index (χ4n) is 8.87. The minimum Gasteiger partial charge on any atom is -0.477 e. The number of aromatic nitrogens is 2. The predicted molar refractivity (Wildman–Crippen MR) is 197 cm³/mol. The topological polar surface area (TPSA) is 86.4 Å². The monoisotopic (exact) mass is 675 g/mol. The zero-order valence-electron chi connectivity index (χ0n) is 30.1. The van der Waals surface area contributed by atoms with Crippen molar-refractivity contribution in [1.82, 2.24) is 35.5 Å². The molecule has 6 unspecified atom stereocenters. The van der Waals surface area contributed by atoms with E-state index >= 15 is 0 Å². The molecule has 2 aromatic heterocycles. The van der Waals surface area contributed by atoms with Gasteiger partial charge < -0.3 is 4.74 Å². The van der Waals surface area contributed by atoms with Gasteiger partial charge in [0.2, 0.25) is 5.88 Å². The number of piperidine rings is 2. The van der Waals surface area contributed by atoms with Crippen LogP contribution in [0.2, 0.25) is 0 Å². The van der Waals surface area contributed by atoms with Crippen LogP contribution in [-0.2, 0) is 5.41 Å². The minimum absolute atomic E-state index is 0.102. The van der Waals surface area contributed by atoms with E-state index in [9.17, 15) is 0 Å². The van der Waals surface area contributed by atoms with Crippen LogP contribution in [0.5, 0.6) is 5.88 Å². The summed E-state index contributed by atoms with van der Waals surface area (Å²) in [6.45, 7) is 14.8. The molecule has 4 aliphatic heterocycles. The Bertz CT molecular complexity index is 1360. The van der Waals surface area contributed by atoms with Gasteiger partial charge in [0.05, 0.1) is 47.8 Å². The first-order valence-corrected chi connectivity index (χ1v) is 20.0. The molecule has 1 aliphatic carbocycles. The van der Waals surface area contributed by atoms with Crippen LogP contribution in [0.15, 0.2) is 36.5 Å². The van der Waals surface area contributed by atoms with Gasteiger partial charge in [-0.3, -0.25) is 30.6 Å². The van der Waals surface area contributed by atoms with Crippen molar-refractivity contribution in [2.45, 2.75) is 146 Å². The zero-order valence-corrected chi connectivity index (χ0v) is 31.0. The predicted octanol–water partition coefficient (Wildman–Crippen LogP) is 7.21. The molecule has 9 heteroatoms. The lowest BCUT2D eigenvalue weighted by atomic mass is 9.86. The van der Waals surface area contributed by atoms with Crippen LogP contribution >= 0.6 is 11.9 Å². The second-order valence-electron chi connectivity index (χ2n) is 17.2. The second-order valence-corrected chi connectivity index (χ2v) is 18.3. The van der Waals surface area contributed by atoms with E-state index in [-0.39, 0.29) is 23.0 Å². The minimum atomic E-state index is 0.102. The third kappa shape index (κ3) is 8.24. The van der Waals surface area contributed by atoms with Crippen LogP contribution in [0.3, 0.4) is 0 Å². The van der Waals surface area contributed by atoms with Gasteiger partial charge >= 0.3 is 0 Å². The number of hydrogen-bond acceptors (Lipinski definition) is 9. The molecular formula is C39H61N7OS. The Hall–Kier alpha value is -1.75. The second kappa shape index (κ2) is 14.8. The molecule has 264 valence electrons. The third-order valence-electron chi connectivity index (χ3n) is 12.0. The molecule has 0 spiro atoms. The molecule has 8 nitrogen and oxygen atoms in total. The van der Waals surface area contributed by atoms with E-state index in [0.717, 1.165) is 50.5 Å². The van der Waals surface area contributed by atoms with E-state index in [1.54, 1.807) is 0 Å². The molecule has 5 fully saturated rings. The highest BCUT2D eigenvalue weighted by Gasteiger charge is 2.46. The van der Waals surface area contributed by atoms with Crippen LogP contribution < -0.4 is 25.4 Å². The van der Waals surface area contributed by atoms with E-state index in [0.29, 0.717) is 35.5 Å². The smallest absolute Gasteiger partial charge is 0.213 e. The average molecular weight is 676 g/mol. The normalized spacial score (nSPS) is 34.7. The first kappa shape index (κ1) is 34.7. The Kier molecular flexibility index (Phi) is 10.7. The highest BCUT2D eigenvalue weighted by atomic mass is 32.2. The third-order valence-corrected chi connectivity index (χ3v) is 13.0. The van der Waals surface area contributed by atoms with Crippen molar-refractivity contribution in [3.8, 4) is 5.88 Å². The Morgan fingerprint density at radius 2 is 1.73 bits per heavy atom. The molecule has 4 N–H and O–H groups in total. The van der Waals surface area contributed by atoms with Gasteiger partial charge in [0.1, 0.15) is 0 Å². The van der Waals surface area contributed by atoms with Crippen molar-refractivity contribution in [2.24, 2.45) is 17.8 Å². The molecule has 8 atom stereocenters. The molecular weight excluding hydrogens is 615 g/mol. The number of ether oxygens (including phenoxy) is 1. The van der Waals surface area contributed by atoms with Gasteiger partial charge in [-0.1, -0.05) is 45.2 Å². The van der Waals surface area contributed by atoms with Gasteiger partial charge in [0.15, 0.2) is 0 Å². The van der Waals surface area contributed by atoms with Crippen molar-refractivity contribution < 1.29 is 4.74 Å². The number of fused-ring (bicyclic) bond motifs is 6. The van der Waals surface area contributed by atoms with E-state index < -0.39 is 0 Å². The molecule has 2 aromatic rings. The summed E-state index contributed by atoms with van der Waals surface area (Å²) in [5, 5.41) is 12.6. The summed E-state index contributed by atoms with van der Waals surface area (Å²) in [6.07, 6.45) is 16.0. The van der Waals surface area contributed by atoms with Gasteiger partial charge in [0.25, 0.3) is 0 Å². The van der Waals surface area contributed by atoms with Gasteiger partial charge in [-0.25, -0.2) is 4.98 Å². The lowest BCUT2D eigenvalue weighted by Crippen LogP contribution is -2.60. The number of pyridine rings is 2. The lowest BCUT2D eigenvalue weighted by Gasteiger charge is -2.47. The molecule has 1 saturated carbocycles. The Morgan fingerprint density at radius 1 is 0.917 bits per heavy atom. The van der Waals surface area contributed by atoms with Gasteiger partial charge in [-0.05, 0) is 119 Å². The summed E-state index contributed by atoms with van der Waals surface area (Å²) >= 11 is 1.91. The first-order chi connectivity index (χ1) is 23.1. The summed E-state index contributed by atoms with van der Waals surface area (Å²) in [5.74, 6) is 2.68. The van der Waals surface area contributed by atoms with Crippen molar-refractivity contribution in [3.05, 3.63) is 53.5 Å². The van der Waals surface area contributed by atoms with Crippen LogP contribution in [0.25, 0.3) is 0 Å². The van der Waals surface area contributed by atoms with Gasteiger partial charge in [-0.15, -0.1) is 0 Å². The van der Waals surface area contributed by atoms with Crippen molar-refractivity contribution in [2.75, 3.05) is 19.7 Å². The zero-order chi connectivity index (χ0) is 33.3. The largest absolute Gasteiger partial charge is 0.477 e. The van der Waals surface area contributed by atoms with E-state index in [4.69, 9.17) is 14.7 Å². The van der Waals surface area contributed by atoms with Gasteiger partial charge in [0, 0.05) is 36.8 Å². The summed E-state index contributed by atoms with van der Waals surface area (Å²) in [5.41, 5.74) is 3.91. The van der Waals surface area contributed by atoms with Crippen molar-refractivity contribution in [3.63, 3.8) is 0 Å². The SMILES string of the molecule is CC(C)(C)c1ccnc([C@H]2CC[C@@H]3CN(C4NC(c5cccc(OCC6CCC6)n5)CCC4CNSC4CCCC(N4)N2)C(C)(C)C3)c1. The number of nitrogens with one attached hydrogen (secondary N) is 4. The Morgan fingerprint density at radius 3 is 2.54 bits per heavy atom. The van der Waals surface area contributed by atoms with Crippen LogP contribution in [-0.4, -0.2) is 57.8 Å². The quantitative estimate of drug-likeness (QED) is 0.246. The highest BCUT2D eigenvalue weighted by molar-refractivity contribution is 7.98. The summed E-state index contributed by atoms with van der Waals surface area (Å²) in [4.78, 5) is 12.8. The average Bonchev–Trinajstić information content (AvgIpc) is 3.35. The molecule has 6 heterocycles. The van der Waals surface area contributed by atoms with E-state index in [1.807, 2.05) is 24.2 Å². The maximum absolute atomic E-state index is 6.17. The molecule has 0 radical (unpaired) electrons. The molecule has 0 aromatic carbocycles. The van der Waals surface area contributed by atoms with E-state index in [1.165, 1.54) is 62.6 Å². The summed E-state index contributed by atoms with van der Waals surface area (Å²) in [7, 11) is 0. The Balaban J connectivity index is 1.11. The summed E-state index contributed by atoms with van der Waals surface area (Å²) in [6, 6.07) is 11.4. The number of rotatable bonds is 5. The maximum Gasteiger partial charge on any atom is 0.213 e. The summed E-state index contributed by atoms with van der Waals surface area (Å²) < 4.78 is 10.0. The first-order valence-electron chi connectivity index (χ1n) is 19.1.